The molecule has 58 valence electrons. The molecule has 2 heteroatoms. The van der Waals surface area contributed by atoms with Gasteiger partial charge in [-0.2, -0.15) is 0 Å². The summed E-state index contributed by atoms with van der Waals surface area (Å²) in [7, 11) is 0. The van der Waals surface area contributed by atoms with Gasteiger partial charge in [-0.15, -0.1) is 0 Å². The van der Waals surface area contributed by atoms with E-state index < -0.39 is 12.2 Å². The van der Waals surface area contributed by atoms with Crippen molar-refractivity contribution in [2.75, 3.05) is 0 Å². The van der Waals surface area contributed by atoms with Crippen LogP contribution in [0.3, 0.4) is 0 Å². The molecule has 0 aliphatic carbocycles. The summed E-state index contributed by atoms with van der Waals surface area (Å²) in [5.41, 5.74) is 0. The third-order valence-corrected chi connectivity index (χ3v) is 1.58. The van der Waals surface area contributed by atoms with Crippen molar-refractivity contribution in [2.45, 2.75) is 44.8 Å². The van der Waals surface area contributed by atoms with Crippen molar-refractivity contribution in [2.24, 2.45) is 0 Å². The van der Waals surface area contributed by atoms with E-state index in [4.69, 9.17) is 7.48 Å². The zero-order valence-electron chi connectivity index (χ0n) is 8.22. The summed E-state index contributed by atoms with van der Waals surface area (Å²) in [4.78, 5) is 10.3. The lowest BCUT2D eigenvalue weighted by Crippen LogP contribution is -1.93. The number of rotatable bonds is 5. The van der Waals surface area contributed by atoms with Crippen molar-refractivity contribution in [3.63, 3.8) is 0 Å². The standard InChI is InChI=1S/C8H14O2/c1-2-3-4-5-7-8(6-9)10-7/h6-8H,2-5H2,1H3/t7-,8-/m0/s1/i7D,8D. The van der Waals surface area contributed by atoms with Crippen LogP contribution in [0, 0.1) is 0 Å². The first-order valence-corrected chi connectivity index (χ1v) is 3.74. The monoisotopic (exact) mass is 144 g/mol. The second kappa shape index (κ2) is 3.71. The summed E-state index contributed by atoms with van der Waals surface area (Å²) in [5.74, 6) is 0. The van der Waals surface area contributed by atoms with Crippen molar-refractivity contribution < 1.29 is 12.3 Å². The quantitative estimate of drug-likeness (QED) is 0.333. The van der Waals surface area contributed by atoms with E-state index in [0.717, 1.165) is 19.3 Å². The minimum Gasteiger partial charge on any atom is -0.362 e. The van der Waals surface area contributed by atoms with Crippen LogP contribution in [0.1, 0.15) is 35.3 Å². The van der Waals surface area contributed by atoms with Crippen LogP contribution in [0.25, 0.3) is 0 Å². The number of hydrogen-bond donors (Lipinski definition) is 0. The summed E-state index contributed by atoms with van der Waals surface area (Å²) in [6, 6.07) is 0. The highest BCUT2D eigenvalue weighted by Gasteiger charge is 2.37. The summed E-state index contributed by atoms with van der Waals surface area (Å²) in [6.45, 7) is 2.07. The van der Waals surface area contributed by atoms with E-state index in [1.54, 1.807) is 0 Å². The molecule has 2 nitrogen and oxygen atoms in total. The van der Waals surface area contributed by atoms with Crippen molar-refractivity contribution in [3.8, 4) is 0 Å². The molecule has 0 aromatic rings. The van der Waals surface area contributed by atoms with Crippen LogP contribution in [-0.2, 0) is 9.53 Å². The Bertz CT molecular complexity index is 186. The molecule has 1 aliphatic heterocycles. The first-order valence-electron chi connectivity index (χ1n) is 4.74. The molecule has 0 spiro atoms. The summed E-state index contributed by atoms with van der Waals surface area (Å²) >= 11 is 0. The molecule has 1 heterocycles. The van der Waals surface area contributed by atoms with Gasteiger partial charge in [-0.1, -0.05) is 26.2 Å². The number of aldehydes is 1. The van der Waals surface area contributed by atoms with Gasteiger partial charge < -0.3 is 9.53 Å². The Morgan fingerprint density at radius 2 is 2.50 bits per heavy atom. The Hall–Kier alpha value is -0.370. The highest BCUT2D eigenvalue weighted by atomic mass is 16.6. The van der Waals surface area contributed by atoms with Crippen LogP contribution in [0.2, 0.25) is 0 Å². The molecule has 0 saturated carbocycles. The summed E-state index contributed by atoms with van der Waals surface area (Å²) in [6.07, 6.45) is 1.04. The summed E-state index contributed by atoms with van der Waals surface area (Å²) in [5, 5.41) is 0. The molecule has 0 aromatic carbocycles. The van der Waals surface area contributed by atoms with Gasteiger partial charge in [0.1, 0.15) is 6.08 Å². The Morgan fingerprint density at radius 1 is 1.70 bits per heavy atom. The number of hydrogen-bond acceptors (Lipinski definition) is 2. The van der Waals surface area contributed by atoms with E-state index in [9.17, 15) is 4.79 Å². The van der Waals surface area contributed by atoms with Gasteiger partial charge in [0.05, 0.1) is 8.82 Å². The predicted molar refractivity (Wildman–Crippen MR) is 38.9 cm³/mol. The molecule has 1 fully saturated rings. The van der Waals surface area contributed by atoms with E-state index in [1.807, 2.05) is 0 Å². The van der Waals surface area contributed by atoms with Gasteiger partial charge in [0.25, 0.3) is 0 Å². The number of ether oxygens (including phenoxy) is 1. The van der Waals surface area contributed by atoms with E-state index in [0.29, 0.717) is 12.7 Å². The van der Waals surface area contributed by atoms with Crippen LogP contribution < -0.4 is 0 Å². The molecule has 1 aliphatic rings. The van der Waals surface area contributed by atoms with E-state index in [1.165, 1.54) is 0 Å². The Labute approximate surface area is 64.4 Å². The maximum absolute atomic E-state index is 10.3. The molecular formula is C8H14O2. The largest absolute Gasteiger partial charge is 0.362 e. The zero-order chi connectivity index (χ0) is 9.24. The van der Waals surface area contributed by atoms with Gasteiger partial charge in [-0.05, 0) is 6.42 Å². The first-order chi connectivity index (χ1) is 5.58. The van der Waals surface area contributed by atoms with Crippen LogP contribution in [0.4, 0.5) is 0 Å². The Kier molecular flexibility index (Phi) is 1.97. The van der Waals surface area contributed by atoms with Gasteiger partial charge >= 0.3 is 0 Å². The third-order valence-electron chi connectivity index (χ3n) is 1.58. The fourth-order valence-corrected chi connectivity index (χ4v) is 0.907. The van der Waals surface area contributed by atoms with Gasteiger partial charge in [-0.25, -0.2) is 0 Å². The maximum Gasteiger partial charge on any atom is 0.151 e. The first kappa shape index (κ1) is 5.30. The molecule has 1 rings (SSSR count). The fraction of sp³-hybridized carbons (Fsp3) is 0.875. The predicted octanol–water partition coefficient (Wildman–Crippen LogP) is 1.53. The SMILES string of the molecule is [2H][C@@]1(C=O)O[C@@]1([2H])CCCCC. The molecular weight excluding hydrogens is 128 g/mol. The number of unbranched alkanes of at least 4 members (excludes halogenated alkanes) is 2. The van der Waals surface area contributed by atoms with Crippen molar-refractivity contribution in [1.29, 1.82) is 0 Å². The highest BCUT2D eigenvalue weighted by molar-refractivity contribution is 5.60. The van der Waals surface area contributed by atoms with Gasteiger partial charge in [0.15, 0.2) is 6.29 Å². The zero-order valence-corrected chi connectivity index (χ0v) is 6.22. The lowest BCUT2D eigenvalue weighted by atomic mass is 10.1. The van der Waals surface area contributed by atoms with Crippen molar-refractivity contribution in [1.82, 2.24) is 0 Å². The van der Waals surface area contributed by atoms with Crippen LogP contribution >= 0.6 is 0 Å². The third kappa shape index (κ3) is 2.10. The molecule has 0 bridgehead atoms. The van der Waals surface area contributed by atoms with E-state index in [2.05, 4.69) is 6.92 Å². The number of epoxide rings is 1. The second-order valence-electron chi connectivity index (χ2n) is 2.46. The maximum atomic E-state index is 10.3. The Balaban J connectivity index is 2.30. The smallest absolute Gasteiger partial charge is 0.151 e. The molecule has 1 saturated heterocycles. The highest BCUT2D eigenvalue weighted by Crippen LogP contribution is 2.25. The number of carbonyl (C=O) groups is 1. The molecule has 0 N–H and O–H groups in total. The van der Waals surface area contributed by atoms with Crippen molar-refractivity contribution in [3.05, 3.63) is 0 Å². The molecule has 10 heavy (non-hydrogen) atoms. The average molecular weight is 144 g/mol. The van der Waals surface area contributed by atoms with E-state index in [-0.39, 0.29) is 0 Å². The Morgan fingerprint density at radius 3 is 3.00 bits per heavy atom. The molecule has 0 amide bonds. The van der Waals surface area contributed by atoms with Crippen LogP contribution in [-0.4, -0.2) is 18.4 Å². The minimum absolute atomic E-state index is 0.409. The molecule has 2 atom stereocenters. The molecule has 0 unspecified atom stereocenters. The summed E-state index contributed by atoms with van der Waals surface area (Å²) < 4.78 is 19.6. The fourth-order valence-electron chi connectivity index (χ4n) is 0.907. The van der Waals surface area contributed by atoms with Crippen LogP contribution in [0.15, 0.2) is 0 Å². The van der Waals surface area contributed by atoms with Crippen molar-refractivity contribution >= 4 is 6.29 Å². The van der Waals surface area contributed by atoms with Gasteiger partial charge in [0.2, 0.25) is 0 Å². The minimum atomic E-state index is -1.57. The normalized spacial score (nSPS) is 47.7. The van der Waals surface area contributed by atoms with Gasteiger partial charge in [0, 0.05) is 0 Å². The van der Waals surface area contributed by atoms with Crippen LogP contribution in [0.5, 0.6) is 0 Å². The number of carbonyl (C=O) groups excluding carboxylic acids is 1. The molecule has 0 radical (unpaired) electrons. The molecule has 0 aromatic heterocycles. The topological polar surface area (TPSA) is 29.6 Å². The average Bonchev–Trinajstić information content (AvgIpc) is 2.57. The van der Waals surface area contributed by atoms with Gasteiger partial charge in [-0.3, -0.25) is 0 Å². The lowest BCUT2D eigenvalue weighted by Gasteiger charge is -1.91. The van der Waals surface area contributed by atoms with E-state index >= 15 is 0 Å². The lowest BCUT2D eigenvalue weighted by molar-refractivity contribution is -0.108. The second-order valence-corrected chi connectivity index (χ2v) is 2.46.